The molecule has 1 aromatic heterocycles. The molecule has 0 amide bonds. The van der Waals surface area contributed by atoms with Crippen molar-refractivity contribution in [1.29, 1.82) is 0 Å². The van der Waals surface area contributed by atoms with Crippen LogP contribution in [-0.4, -0.2) is 19.9 Å². The molecule has 0 fully saturated rings. The van der Waals surface area contributed by atoms with Crippen LogP contribution in [-0.2, 0) is 6.54 Å². The lowest BCUT2D eigenvalue weighted by atomic mass is 10.2. The van der Waals surface area contributed by atoms with Crippen molar-refractivity contribution >= 4 is 28.1 Å². The SMILES string of the molecule is C=CCn1c(-c2cc(Br)ccc2O)n[nH]c1=S. The van der Waals surface area contributed by atoms with E-state index in [9.17, 15) is 5.11 Å². The molecule has 2 aromatic rings. The van der Waals surface area contributed by atoms with Gasteiger partial charge in [-0.15, -0.1) is 6.58 Å². The molecule has 6 heteroatoms. The lowest BCUT2D eigenvalue weighted by Gasteiger charge is -2.06. The van der Waals surface area contributed by atoms with Crippen LogP contribution in [0.2, 0.25) is 0 Å². The third kappa shape index (κ3) is 2.32. The Morgan fingerprint density at radius 2 is 2.35 bits per heavy atom. The van der Waals surface area contributed by atoms with Gasteiger partial charge in [-0.1, -0.05) is 22.0 Å². The molecule has 88 valence electrons. The predicted octanol–water partition coefficient (Wildman–Crippen LogP) is 3.26. The normalized spacial score (nSPS) is 10.4. The molecule has 0 aliphatic carbocycles. The Morgan fingerprint density at radius 1 is 1.59 bits per heavy atom. The molecule has 2 rings (SSSR count). The van der Waals surface area contributed by atoms with Crippen LogP contribution in [0.3, 0.4) is 0 Å². The Labute approximate surface area is 112 Å². The highest BCUT2D eigenvalue weighted by Crippen LogP contribution is 2.30. The van der Waals surface area contributed by atoms with Crippen LogP contribution < -0.4 is 0 Å². The predicted molar refractivity (Wildman–Crippen MR) is 72.4 cm³/mol. The second-order valence-electron chi connectivity index (χ2n) is 3.41. The molecule has 1 heterocycles. The summed E-state index contributed by atoms with van der Waals surface area (Å²) in [4.78, 5) is 0. The van der Waals surface area contributed by atoms with Gasteiger partial charge in [0.2, 0.25) is 0 Å². The highest BCUT2D eigenvalue weighted by atomic mass is 79.9. The summed E-state index contributed by atoms with van der Waals surface area (Å²) in [7, 11) is 0. The van der Waals surface area contributed by atoms with Crippen LogP contribution in [0.5, 0.6) is 5.75 Å². The van der Waals surface area contributed by atoms with Crippen LogP contribution in [0.1, 0.15) is 0 Å². The number of hydrogen-bond acceptors (Lipinski definition) is 3. The fourth-order valence-electron chi connectivity index (χ4n) is 1.51. The molecule has 0 aliphatic rings. The highest BCUT2D eigenvalue weighted by molar-refractivity contribution is 9.10. The zero-order valence-corrected chi connectivity index (χ0v) is 11.3. The van der Waals surface area contributed by atoms with Crippen molar-refractivity contribution in [2.24, 2.45) is 0 Å². The number of rotatable bonds is 3. The van der Waals surface area contributed by atoms with Crippen molar-refractivity contribution in [2.45, 2.75) is 6.54 Å². The number of hydrogen-bond donors (Lipinski definition) is 2. The van der Waals surface area contributed by atoms with Gasteiger partial charge in [0.05, 0.1) is 5.56 Å². The number of benzene rings is 1. The van der Waals surface area contributed by atoms with Gasteiger partial charge in [0.1, 0.15) is 5.75 Å². The van der Waals surface area contributed by atoms with E-state index in [1.54, 1.807) is 28.8 Å². The second-order valence-corrected chi connectivity index (χ2v) is 4.72. The summed E-state index contributed by atoms with van der Waals surface area (Å²) >= 11 is 8.48. The van der Waals surface area contributed by atoms with E-state index in [1.165, 1.54) is 0 Å². The molecule has 17 heavy (non-hydrogen) atoms. The first-order valence-corrected chi connectivity index (χ1v) is 6.08. The first kappa shape index (κ1) is 12.1. The number of phenolic OH excluding ortho intramolecular Hbond substituents is 1. The Balaban J connectivity index is 2.63. The Kier molecular flexibility index (Phi) is 3.44. The van der Waals surface area contributed by atoms with E-state index in [-0.39, 0.29) is 5.75 Å². The molecule has 0 saturated heterocycles. The molecular weight excluding hydrogens is 302 g/mol. The van der Waals surface area contributed by atoms with Gasteiger partial charge in [-0.3, -0.25) is 9.67 Å². The molecule has 0 spiro atoms. The van der Waals surface area contributed by atoms with Gasteiger partial charge >= 0.3 is 0 Å². The summed E-state index contributed by atoms with van der Waals surface area (Å²) in [6.45, 7) is 4.21. The Bertz CT molecular complexity index is 617. The van der Waals surface area contributed by atoms with Gasteiger partial charge in [-0.2, -0.15) is 5.10 Å². The van der Waals surface area contributed by atoms with Gasteiger partial charge in [-0.25, -0.2) is 0 Å². The van der Waals surface area contributed by atoms with E-state index < -0.39 is 0 Å². The van der Waals surface area contributed by atoms with Crippen molar-refractivity contribution in [3.05, 3.63) is 40.1 Å². The molecule has 0 atom stereocenters. The van der Waals surface area contributed by atoms with E-state index in [0.717, 1.165) is 4.47 Å². The maximum Gasteiger partial charge on any atom is 0.195 e. The molecular formula is C11H10BrN3OS. The molecule has 0 saturated carbocycles. The summed E-state index contributed by atoms with van der Waals surface area (Å²) < 4.78 is 3.13. The molecule has 0 aliphatic heterocycles. The summed E-state index contributed by atoms with van der Waals surface area (Å²) in [5, 5.41) is 16.7. The fourth-order valence-corrected chi connectivity index (χ4v) is 2.08. The molecule has 1 aromatic carbocycles. The van der Waals surface area contributed by atoms with E-state index in [1.807, 2.05) is 0 Å². The molecule has 0 bridgehead atoms. The summed E-state index contributed by atoms with van der Waals surface area (Å²) in [6, 6.07) is 5.16. The van der Waals surface area contributed by atoms with Crippen LogP contribution in [0, 0.1) is 4.77 Å². The first-order chi connectivity index (χ1) is 8.13. The summed E-state index contributed by atoms with van der Waals surface area (Å²) in [6.07, 6.45) is 1.73. The lowest BCUT2D eigenvalue weighted by molar-refractivity contribution is 0.476. The average Bonchev–Trinajstić information content (AvgIpc) is 2.65. The summed E-state index contributed by atoms with van der Waals surface area (Å²) in [5.74, 6) is 0.751. The van der Waals surface area contributed by atoms with Crippen molar-refractivity contribution in [3.63, 3.8) is 0 Å². The molecule has 2 N–H and O–H groups in total. The van der Waals surface area contributed by atoms with Gasteiger partial charge in [0, 0.05) is 11.0 Å². The number of allylic oxidation sites excluding steroid dienone is 1. The second kappa shape index (κ2) is 4.85. The van der Waals surface area contributed by atoms with Gasteiger partial charge in [0.15, 0.2) is 10.6 Å². The van der Waals surface area contributed by atoms with E-state index >= 15 is 0 Å². The van der Waals surface area contributed by atoms with E-state index in [2.05, 4.69) is 32.7 Å². The third-order valence-electron chi connectivity index (χ3n) is 2.27. The number of H-pyrrole nitrogens is 1. The maximum atomic E-state index is 9.84. The van der Waals surface area contributed by atoms with Crippen molar-refractivity contribution in [2.75, 3.05) is 0 Å². The fraction of sp³-hybridized carbons (Fsp3) is 0.0909. The van der Waals surface area contributed by atoms with Crippen LogP contribution in [0.15, 0.2) is 35.3 Å². The standard InChI is InChI=1S/C11H10BrN3OS/c1-2-5-15-10(13-14-11(15)17)8-6-7(12)3-4-9(8)16/h2-4,6,16H,1,5H2,(H,14,17). The van der Waals surface area contributed by atoms with Crippen molar-refractivity contribution < 1.29 is 5.11 Å². The minimum atomic E-state index is 0.160. The molecule has 0 radical (unpaired) electrons. The quantitative estimate of drug-likeness (QED) is 0.675. The highest BCUT2D eigenvalue weighted by Gasteiger charge is 2.12. The number of nitrogens with zero attached hydrogens (tertiary/aromatic N) is 2. The third-order valence-corrected chi connectivity index (χ3v) is 3.07. The van der Waals surface area contributed by atoms with Crippen molar-refractivity contribution in [1.82, 2.24) is 14.8 Å². The maximum absolute atomic E-state index is 9.84. The van der Waals surface area contributed by atoms with Gasteiger partial charge in [-0.05, 0) is 30.4 Å². The van der Waals surface area contributed by atoms with E-state index in [4.69, 9.17) is 12.2 Å². The van der Waals surface area contributed by atoms with Crippen molar-refractivity contribution in [3.8, 4) is 17.1 Å². The number of phenols is 1. The topological polar surface area (TPSA) is 53.8 Å². The van der Waals surface area contributed by atoms with Crippen LogP contribution in [0.25, 0.3) is 11.4 Å². The van der Waals surface area contributed by atoms with Crippen LogP contribution >= 0.6 is 28.1 Å². The minimum Gasteiger partial charge on any atom is -0.507 e. The Morgan fingerprint density at radius 3 is 3.06 bits per heavy atom. The summed E-state index contributed by atoms with van der Waals surface area (Å²) in [5.41, 5.74) is 0.619. The van der Waals surface area contributed by atoms with E-state index in [0.29, 0.717) is 22.7 Å². The monoisotopic (exact) mass is 311 g/mol. The van der Waals surface area contributed by atoms with Gasteiger partial charge in [0.25, 0.3) is 0 Å². The average molecular weight is 312 g/mol. The van der Waals surface area contributed by atoms with Crippen LogP contribution in [0.4, 0.5) is 0 Å². The first-order valence-electron chi connectivity index (χ1n) is 4.88. The molecule has 4 nitrogen and oxygen atoms in total. The zero-order valence-electron chi connectivity index (χ0n) is 8.85. The smallest absolute Gasteiger partial charge is 0.195 e. The lowest BCUT2D eigenvalue weighted by Crippen LogP contribution is -1.98. The van der Waals surface area contributed by atoms with Gasteiger partial charge < -0.3 is 5.11 Å². The minimum absolute atomic E-state index is 0.160. The number of aromatic nitrogens is 3. The largest absolute Gasteiger partial charge is 0.507 e. The number of halogens is 1. The molecule has 0 unspecified atom stereocenters. The Hall–Kier alpha value is -1.40. The number of nitrogens with one attached hydrogen (secondary N) is 1. The zero-order chi connectivity index (χ0) is 12.4. The number of aromatic hydroxyl groups is 1. The number of aromatic amines is 1.